The van der Waals surface area contributed by atoms with Crippen LogP contribution in [0, 0.1) is 33.1 Å². The van der Waals surface area contributed by atoms with E-state index < -0.39 is 22.2 Å². The second-order valence-corrected chi connectivity index (χ2v) is 6.17. The molecule has 0 amide bonds. The van der Waals surface area contributed by atoms with E-state index in [-0.39, 0.29) is 23.7 Å². The van der Waals surface area contributed by atoms with Gasteiger partial charge in [-0.2, -0.15) is 4.39 Å². The molecule has 0 saturated heterocycles. The number of alkyl halides is 1. The number of hydrogen-bond donors (Lipinski definition) is 0. The van der Waals surface area contributed by atoms with Gasteiger partial charge in [-0.05, 0) is 5.41 Å². The molecule has 0 heterocycles. The van der Waals surface area contributed by atoms with Crippen LogP contribution in [-0.2, 0) is 0 Å². The van der Waals surface area contributed by atoms with Crippen LogP contribution in [0.25, 0.3) is 0 Å². The molecule has 1 rings (SSSR count). The lowest BCUT2D eigenvalue weighted by atomic mass is 9.83. The Bertz CT molecular complexity index is 503. The highest BCUT2D eigenvalue weighted by Gasteiger charge is 2.25. The fourth-order valence-corrected chi connectivity index (χ4v) is 2.64. The van der Waals surface area contributed by atoms with Gasteiger partial charge in [0.1, 0.15) is 0 Å². The van der Waals surface area contributed by atoms with Crippen LogP contribution in [0.15, 0.2) is 12.1 Å². The maximum Gasteiger partial charge on any atom is 0.307 e. The van der Waals surface area contributed by atoms with Crippen molar-refractivity contribution >= 4 is 21.6 Å². The van der Waals surface area contributed by atoms with Crippen molar-refractivity contribution in [3.05, 3.63) is 33.9 Å². The van der Waals surface area contributed by atoms with Crippen LogP contribution in [0.5, 0.6) is 5.75 Å². The average Bonchev–Trinajstić information content (AvgIpc) is 2.31. The third kappa shape index (κ3) is 4.13. The minimum atomic E-state index is -1.11. The number of nitro benzene ring substituents is 1. The van der Waals surface area contributed by atoms with Gasteiger partial charge in [0.2, 0.25) is 5.82 Å². The summed E-state index contributed by atoms with van der Waals surface area (Å²) in [5.74, 6) is -2.29. The van der Waals surface area contributed by atoms with E-state index in [9.17, 15) is 18.9 Å². The molecule has 1 aromatic carbocycles. The smallest absolute Gasteiger partial charge is 0.307 e. The van der Waals surface area contributed by atoms with Crippen LogP contribution in [-0.4, -0.2) is 16.9 Å². The molecule has 7 heteroatoms. The maximum atomic E-state index is 13.6. The second-order valence-electron chi connectivity index (χ2n) is 5.52. The maximum absolute atomic E-state index is 13.6. The zero-order valence-corrected chi connectivity index (χ0v) is 13.0. The molecule has 20 heavy (non-hydrogen) atoms. The molecule has 0 saturated carbocycles. The van der Waals surface area contributed by atoms with E-state index in [1.807, 2.05) is 20.8 Å². The van der Waals surface area contributed by atoms with Crippen molar-refractivity contribution < 1.29 is 18.4 Å². The summed E-state index contributed by atoms with van der Waals surface area (Å²) in [5.41, 5.74) is -0.970. The summed E-state index contributed by atoms with van der Waals surface area (Å²) < 4.78 is 32.3. The summed E-state index contributed by atoms with van der Waals surface area (Å²) in [4.78, 5) is 9.51. The van der Waals surface area contributed by atoms with Crippen molar-refractivity contribution in [2.45, 2.75) is 20.8 Å². The first-order valence-corrected chi connectivity index (χ1v) is 7.11. The van der Waals surface area contributed by atoms with Crippen molar-refractivity contribution in [2.24, 2.45) is 11.3 Å². The Balaban J connectivity index is 2.89. The number of ether oxygens (including phenoxy) is 1. The lowest BCUT2D eigenvalue weighted by Gasteiger charge is -2.29. The first kappa shape index (κ1) is 16.8. The Morgan fingerprint density at radius 3 is 2.40 bits per heavy atom. The van der Waals surface area contributed by atoms with Crippen LogP contribution in [0.4, 0.5) is 14.5 Å². The number of rotatable bonds is 5. The summed E-state index contributed by atoms with van der Waals surface area (Å²) in [7, 11) is 0. The summed E-state index contributed by atoms with van der Waals surface area (Å²) in [6.45, 7) is 6.21. The quantitative estimate of drug-likeness (QED) is 0.451. The second kappa shape index (κ2) is 6.47. The van der Waals surface area contributed by atoms with E-state index in [4.69, 9.17) is 4.74 Å². The lowest BCUT2D eigenvalue weighted by Crippen LogP contribution is -2.28. The molecule has 0 fully saturated rings. The fraction of sp³-hybridized carbons (Fsp3) is 0.538. The summed E-state index contributed by atoms with van der Waals surface area (Å²) >= 11 is 3.35. The minimum absolute atomic E-state index is 0.0701. The van der Waals surface area contributed by atoms with Gasteiger partial charge < -0.3 is 4.74 Å². The Morgan fingerprint density at radius 2 is 1.95 bits per heavy atom. The van der Waals surface area contributed by atoms with E-state index in [1.165, 1.54) is 0 Å². The van der Waals surface area contributed by atoms with Crippen LogP contribution >= 0.6 is 15.9 Å². The number of benzene rings is 1. The first-order chi connectivity index (χ1) is 9.16. The zero-order valence-electron chi connectivity index (χ0n) is 11.5. The van der Waals surface area contributed by atoms with Crippen LogP contribution in [0.2, 0.25) is 0 Å². The van der Waals surface area contributed by atoms with Crippen LogP contribution in [0.1, 0.15) is 20.8 Å². The SMILES string of the molecule is CC(C)(C)C(CBr)COc1cc(F)c([N+](=O)[O-])cc1F. The molecule has 1 unspecified atom stereocenters. The van der Waals surface area contributed by atoms with E-state index in [0.717, 1.165) is 0 Å². The van der Waals surface area contributed by atoms with Gasteiger partial charge in [-0.1, -0.05) is 36.7 Å². The highest BCUT2D eigenvalue weighted by molar-refractivity contribution is 9.09. The molecule has 0 aliphatic carbocycles. The number of hydrogen-bond acceptors (Lipinski definition) is 3. The molecular weight excluding hydrogens is 336 g/mol. The van der Waals surface area contributed by atoms with Crippen molar-refractivity contribution in [3.63, 3.8) is 0 Å². The highest BCUT2D eigenvalue weighted by atomic mass is 79.9. The van der Waals surface area contributed by atoms with Gasteiger partial charge in [0.15, 0.2) is 11.6 Å². The standard InChI is InChI=1S/C13H16BrF2NO3/c1-13(2,3)8(6-14)7-20-12-5-9(15)11(17(18)19)4-10(12)16/h4-5,8H,6-7H2,1-3H3. The number of halogens is 3. The summed E-state index contributed by atoms with van der Waals surface area (Å²) in [6, 6.07) is 1.24. The molecule has 0 spiro atoms. The number of nitrogens with zero attached hydrogens (tertiary/aromatic N) is 1. The van der Waals surface area contributed by atoms with Gasteiger partial charge in [0.05, 0.1) is 17.6 Å². The van der Waals surface area contributed by atoms with E-state index in [2.05, 4.69) is 15.9 Å². The minimum Gasteiger partial charge on any atom is -0.490 e. The van der Waals surface area contributed by atoms with Crippen LogP contribution in [0.3, 0.4) is 0 Å². The Morgan fingerprint density at radius 1 is 1.35 bits per heavy atom. The van der Waals surface area contributed by atoms with Crippen molar-refractivity contribution in [1.82, 2.24) is 0 Å². The van der Waals surface area contributed by atoms with Gasteiger partial charge in [0, 0.05) is 17.3 Å². The molecule has 0 bridgehead atoms. The monoisotopic (exact) mass is 351 g/mol. The molecule has 1 aromatic rings. The fourth-order valence-electron chi connectivity index (χ4n) is 1.48. The van der Waals surface area contributed by atoms with E-state index >= 15 is 0 Å². The topological polar surface area (TPSA) is 52.4 Å². The highest BCUT2D eigenvalue weighted by Crippen LogP contribution is 2.30. The van der Waals surface area contributed by atoms with Gasteiger partial charge in [-0.25, -0.2) is 4.39 Å². The molecule has 0 aliphatic rings. The Labute approximate surface area is 124 Å². The molecule has 0 aromatic heterocycles. The van der Waals surface area contributed by atoms with Gasteiger partial charge in [0.25, 0.3) is 0 Å². The van der Waals surface area contributed by atoms with Crippen molar-refractivity contribution in [2.75, 3.05) is 11.9 Å². The van der Waals surface area contributed by atoms with E-state index in [0.29, 0.717) is 17.5 Å². The molecule has 0 radical (unpaired) electrons. The molecule has 0 N–H and O–H groups in total. The molecule has 1 atom stereocenters. The molecule has 112 valence electrons. The summed E-state index contributed by atoms with van der Waals surface area (Å²) in [5, 5.41) is 11.1. The van der Waals surface area contributed by atoms with Crippen molar-refractivity contribution in [1.29, 1.82) is 0 Å². The Kier molecular flexibility index (Phi) is 5.44. The van der Waals surface area contributed by atoms with Crippen LogP contribution < -0.4 is 4.74 Å². The Hall–Kier alpha value is -1.24. The zero-order chi connectivity index (χ0) is 15.5. The van der Waals surface area contributed by atoms with Gasteiger partial charge >= 0.3 is 5.69 Å². The van der Waals surface area contributed by atoms with Gasteiger partial charge in [-0.3, -0.25) is 10.1 Å². The first-order valence-electron chi connectivity index (χ1n) is 5.99. The third-order valence-corrected chi connectivity index (χ3v) is 3.83. The summed E-state index contributed by atoms with van der Waals surface area (Å²) in [6.07, 6.45) is 0. The van der Waals surface area contributed by atoms with Crippen molar-refractivity contribution in [3.8, 4) is 5.75 Å². The molecular formula is C13H16BrF2NO3. The largest absolute Gasteiger partial charge is 0.490 e. The molecule has 4 nitrogen and oxygen atoms in total. The van der Waals surface area contributed by atoms with Gasteiger partial charge in [-0.15, -0.1) is 0 Å². The van der Waals surface area contributed by atoms with E-state index in [1.54, 1.807) is 0 Å². The molecule has 0 aliphatic heterocycles. The third-order valence-electron chi connectivity index (χ3n) is 3.05. The normalized spacial score (nSPS) is 13.1. The predicted octanol–water partition coefficient (Wildman–Crippen LogP) is 4.31. The predicted molar refractivity (Wildman–Crippen MR) is 75.2 cm³/mol. The number of nitro groups is 1. The lowest BCUT2D eigenvalue weighted by molar-refractivity contribution is -0.387. The average molecular weight is 352 g/mol.